The van der Waals surface area contributed by atoms with Crippen LogP contribution in [0, 0.1) is 0 Å². The monoisotopic (exact) mass is 381 g/mol. The number of amides is 2. The Hall–Kier alpha value is -3.51. The van der Waals surface area contributed by atoms with Crippen molar-refractivity contribution in [1.29, 1.82) is 0 Å². The lowest BCUT2D eigenvalue weighted by molar-refractivity contribution is -0.143. The van der Waals surface area contributed by atoms with Crippen molar-refractivity contribution >= 4 is 11.8 Å². The first kappa shape index (κ1) is 18.3. The second kappa shape index (κ2) is 7.01. The summed E-state index contributed by atoms with van der Waals surface area (Å²) in [4.78, 5) is 24.3. The van der Waals surface area contributed by atoms with Gasteiger partial charge in [-0.2, -0.15) is 28.1 Å². The molecule has 0 aromatic carbocycles. The fourth-order valence-corrected chi connectivity index (χ4v) is 2.31. The lowest BCUT2D eigenvalue weighted by Crippen LogP contribution is -2.32. The van der Waals surface area contributed by atoms with Gasteiger partial charge in [0.05, 0.1) is 6.04 Å². The predicted molar refractivity (Wildman–Crippen MR) is 85.7 cm³/mol. The molecular weight excluding hydrogens is 367 g/mol. The van der Waals surface area contributed by atoms with Crippen LogP contribution in [-0.2, 0) is 13.2 Å². The van der Waals surface area contributed by atoms with Crippen molar-refractivity contribution in [1.82, 2.24) is 39.8 Å². The molecular formula is C14H14F3N9O. The quantitative estimate of drug-likeness (QED) is 0.711. The van der Waals surface area contributed by atoms with Crippen LogP contribution < -0.4 is 10.6 Å². The van der Waals surface area contributed by atoms with Crippen LogP contribution in [0.5, 0.6) is 0 Å². The maximum Gasteiger partial charge on any atom is 0.433 e. The number of carbonyl (C=O) groups excluding carboxylic acids is 1. The van der Waals surface area contributed by atoms with Crippen molar-refractivity contribution in [3.8, 4) is 5.95 Å². The molecule has 0 aliphatic carbocycles. The van der Waals surface area contributed by atoms with E-state index >= 15 is 0 Å². The Morgan fingerprint density at radius 3 is 2.56 bits per heavy atom. The molecule has 27 heavy (non-hydrogen) atoms. The molecule has 0 bridgehead atoms. The first-order chi connectivity index (χ1) is 12.8. The van der Waals surface area contributed by atoms with Gasteiger partial charge in [0.25, 0.3) is 5.95 Å². The predicted octanol–water partition coefficient (Wildman–Crippen LogP) is 1.69. The Morgan fingerprint density at radius 1 is 1.22 bits per heavy atom. The number of halogens is 3. The highest BCUT2D eigenvalue weighted by Gasteiger charge is 2.35. The second-order valence-electron chi connectivity index (χ2n) is 5.44. The first-order valence-electron chi connectivity index (χ1n) is 7.62. The molecule has 3 heterocycles. The second-order valence-corrected chi connectivity index (χ2v) is 5.44. The van der Waals surface area contributed by atoms with E-state index in [1.54, 1.807) is 13.0 Å². The Morgan fingerprint density at radius 2 is 1.93 bits per heavy atom. The summed E-state index contributed by atoms with van der Waals surface area (Å²) in [5.41, 5.74) is -0.980. The number of aryl methyl sites for hydroxylation is 1. The summed E-state index contributed by atoms with van der Waals surface area (Å²) in [5, 5.41) is 12.4. The van der Waals surface area contributed by atoms with E-state index in [1.807, 2.05) is 0 Å². The molecule has 0 fully saturated rings. The molecule has 3 rings (SSSR count). The van der Waals surface area contributed by atoms with Crippen LogP contribution >= 0.6 is 0 Å². The third-order valence-corrected chi connectivity index (χ3v) is 3.46. The van der Waals surface area contributed by atoms with Crippen LogP contribution in [0.15, 0.2) is 30.9 Å². The zero-order chi connectivity index (χ0) is 19.6. The third-order valence-electron chi connectivity index (χ3n) is 3.46. The molecule has 2 N–H and O–H groups in total. The number of urea groups is 1. The molecule has 0 spiro atoms. The van der Waals surface area contributed by atoms with Gasteiger partial charge in [-0.05, 0) is 13.0 Å². The molecule has 0 radical (unpaired) electrons. The summed E-state index contributed by atoms with van der Waals surface area (Å²) in [6.45, 7) is 1.63. The number of alkyl halides is 3. The van der Waals surface area contributed by atoms with E-state index in [-0.39, 0.29) is 11.8 Å². The molecule has 2 amide bonds. The number of nitrogens with one attached hydrogen (secondary N) is 2. The standard InChI is InChI=1S/C14H14F3N9O/c1-8(11-20-7-21-26(11)12-18-4-3-5-19-12)22-13(27)23-10-6-9(14(15,16)17)25(2)24-10/h3-8H,1-2H3,(H2,22,23,24,27). The van der Waals surface area contributed by atoms with Crippen LogP contribution in [-0.4, -0.2) is 40.5 Å². The minimum Gasteiger partial charge on any atom is -0.328 e. The minimum absolute atomic E-state index is 0.234. The molecule has 0 aliphatic heterocycles. The molecule has 3 aromatic heterocycles. The van der Waals surface area contributed by atoms with Gasteiger partial charge in [-0.1, -0.05) is 0 Å². The fraction of sp³-hybridized carbons (Fsp3) is 0.286. The molecule has 1 unspecified atom stereocenters. The molecule has 0 saturated carbocycles. The summed E-state index contributed by atoms with van der Waals surface area (Å²) in [7, 11) is 1.14. The summed E-state index contributed by atoms with van der Waals surface area (Å²) < 4.78 is 40.3. The Kier molecular flexibility index (Phi) is 4.75. The van der Waals surface area contributed by atoms with E-state index < -0.39 is 23.9 Å². The fourth-order valence-electron chi connectivity index (χ4n) is 2.31. The minimum atomic E-state index is -4.57. The van der Waals surface area contributed by atoms with Crippen molar-refractivity contribution in [3.05, 3.63) is 42.4 Å². The van der Waals surface area contributed by atoms with E-state index in [9.17, 15) is 18.0 Å². The molecule has 0 saturated heterocycles. The number of hydrogen-bond acceptors (Lipinski definition) is 6. The smallest absolute Gasteiger partial charge is 0.328 e. The maximum absolute atomic E-state index is 12.8. The number of hydrogen-bond donors (Lipinski definition) is 2. The summed E-state index contributed by atoms with van der Waals surface area (Å²) in [5.74, 6) is 0.370. The number of aromatic nitrogens is 7. The molecule has 0 aliphatic rings. The van der Waals surface area contributed by atoms with E-state index in [2.05, 4.69) is 35.8 Å². The number of nitrogens with zero attached hydrogens (tertiary/aromatic N) is 7. The van der Waals surface area contributed by atoms with Crippen LogP contribution in [0.25, 0.3) is 5.95 Å². The number of rotatable bonds is 4. The SMILES string of the molecule is CC(NC(=O)Nc1cc(C(F)(F)F)n(C)n1)c1ncnn1-c1ncccn1. The zero-order valence-electron chi connectivity index (χ0n) is 14.1. The van der Waals surface area contributed by atoms with Gasteiger partial charge in [0, 0.05) is 25.5 Å². The lowest BCUT2D eigenvalue weighted by atomic mass is 10.3. The number of anilines is 1. The highest BCUT2D eigenvalue weighted by atomic mass is 19.4. The van der Waals surface area contributed by atoms with Gasteiger partial charge in [0.1, 0.15) is 12.0 Å². The van der Waals surface area contributed by atoms with Gasteiger partial charge < -0.3 is 5.32 Å². The molecule has 1 atom stereocenters. The molecule has 13 heteroatoms. The van der Waals surface area contributed by atoms with Gasteiger partial charge in [0.15, 0.2) is 11.6 Å². The van der Waals surface area contributed by atoms with Crippen LogP contribution in [0.4, 0.5) is 23.8 Å². The third kappa shape index (κ3) is 4.02. The topological polar surface area (TPSA) is 115 Å². The summed E-state index contributed by atoms with van der Waals surface area (Å²) >= 11 is 0. The van der Waals surface area contributed by atoms with E-state index in [4.69, 9.17) is 0 Å². The Labute approximate surface area is 150 Å². The van der Waals surface area contributed by atoms with Crippen molar-refractivity contribution in [2.45, 2.75) is 19.1 Å². The molecule has 142 valence electrons. The van der Waals surface area contributed by atoms with Crippen LogP contribution in [0.1, 0.15) is 24.5 Å². The highest BCUT2D eigenvalue weighted by molar-refractivity contribution is 5.88. The Balaban J connectivity index is 1.70. The van der Waals surface area contributed by atoms with E-state index in [0.29, 0.717) is 10.5 Å². The van der Waals surface area contributed by atoms with Gasteiger partial charge in [-0.3, -0.25) is 10.00 Å². The summed E-state index contributed by atoms with van der Waals surface area (Å²) in [6.07, 6.45) is -0.247. The largest absolute Gasteiger partial charge is 0.433 e. The lowest BCUT2D eigenvalue weighted by Gasteiger charge is -2.13. The zero-order valence-corrected chi connectivity index (χ0v) is 14.1. The van der Waals surface area contributed by atoms with Gasteiger partial charge in [-0.15, -0.1) is 0 Å². The normalized spacial score (nSPS) is 12.6. The van der Waals surface area contributed by atoms with Gasteiger partial charge >= 0.3 is 12.2 Å². The van der Waals surface area contributed by atoms with Crippen molar-refractivity contribution in [2.24, 2.45) is 7.05 Å². The molecule has 10 nitrogen and oxygen atoms in total. The van der Waals surface area contributed by atoms with E-state index in [0.717, 1.165) is 13.1 Å². The van der Waals surface area contributed by atoms with Crippen LogP contribution in [0.2, 0.25) is 0 Å². The van der Waals surface area contributed by atoms with Crippen molar-refractivity contribution in [3.63, 3.8) is 0 Å². The van der Waals surface area contributed by atoms with Gasteiger partial charge in [0.2, 0.25) is 0 Å². The van der Waals surface area contributed by atoms with Crippen LogP contribution in [0.3, 0.4) is 0 Å². The van der Waals surface area contributed by atoms with Crippen molar-refractivity contribution in [2.75, 3.05) is 5.32 Å². The Bertz CT molecular complexity index is 935. The van der Waals surface area contributed by atoms with Crippen molar-refractivity contribution < 1.29 is 18.0 Å². The maximum atomic E-state index is 12.8. The average Bonchev–Trinajstić information content (AvgIpc) is 3.22. The highest BCUT2D eigenvalue weighted by Crippen LogP contribution is 2.30. The van der Waals surface area contributed by atoms with E-state index in [1.165, 1.54) is 23.4 Å². The average molecular weight is 381 g/mol. The summed E-state index contributed by atoms with van der Waals surface area (Å²) in [6, 6.07) is 0.988. The number of carbonyl (C=O) groups is 1. The first-order valence-corrected chi connectivity index (χ1v) is 7.62. The molecule has 3 aromatic rings. The van der Waals surface area contributed by atoms with Gasteiger partial charge in [-0.25, -0.2) is 19.7 Å².